The smallest absolute Gasteiger partial charge is 0.343 e. The Bertz CT molecular complexity index is 1380. The molecule has 1 atom stereocenters. The van der Waals surface area contributed by atoms with E-state index < -0.39 is 23.8 Å². The van der Waals surface area contributed by atoms with Crippen molar-refractivity contribution in [3.8, 4) is 0 Å². The Balaban J connectivity index is 1.52. The Kier molecular flexibility index (Phi) is 10.8. The van der Waals surface area contributed by atoms with Gasteiger partial charge in [0.05, 0.1) is 21.7 Å². The summed E-state index contributed by atoms with van der Waals surface area (Å²) >= 11 is 12.4. The topological polar surface area (TPSA) is 64.2 Å². The minimum Gasteiger partial charge on any atom is -0.343 e. The van der Waals surface area contributed by atoms with E-state index >= 15 is 0 Å². The third kappa shape index (κ3) is 8.18. The molecule has 0 radical (unpaired) electrons. The Labute approximate surface area is 266 Å². The van der Waals surface area contributed by atoms with Crippen LogP contribution in [0.2, 0.25) is 10.0 Å². The zero-order valence-corrected chi connectivity index (χ0v) is 27.0. The van der Waals surface area contributed by atoms with Crippen molar-refractivity contribution in [2.24, 2.45) is 11.8 Å². The number of piperazine rings is 1. The predicted molar refractivity (Wildman–Crippen MR) is 166 cm³/mol. The van der Waals surface area contributed by atoms with Crippen molar-refractivity contribution in [3.63, 3.8) is 0 Å². The van der Waals surface area contributed by atoms with Crippen LogP contribution in [0.4, 0.5) is 23.7 Å². The molecule has 0 spiro atoms. The van der Waals surface area contributed by atoms with E-state index in [-0.39, 0.29) is 42.4 Å². The van der Waals surface area contributed by atoms with Gasteiger partial charge in [0.25, 0.3) is 0 Å². The first kappa shape index (κ1) is 33.9. The minimum absolute atomic E-state index is 0.00551. The van der Waals surface area contributed by atoms with E-state index in [9.17, 15) is 27.6 Å². The van der Waals surface area contributed by atoms with Crippen LogP contribution in [0.25, 0.3) is 0 Å². The van der Waals surface area contributed by atoms with Crippen LogP contribution in [0.5, 0.6) is 0 Å². The number of piperidine rings is 1. The third-order valence-corrected chi connectivity index (χ3v) is 9.08. The first-order chi connectivity index (χ1) is 20.6. The standard InChI is InChI=1S/C32H39Cl2F3N4O3/c1-20(2)13-29(42)39-9-7-23(8-10-39)30(43)40-11-12-41(26(19-40)16-22-5-6-27(33)28(34)17-22)31(44)38(4)25-15-21(3)14-24(18-25)32(35,36)37/h5-6,14-15,17-18,20,23,26H,7-13,16,19H2,1-4H3/t26-/m1/s1. The first-order valence-corrected chi connectivity index (χ1v) is 15.6. The van der Waals surface area contributed by atoms with E-state index in [1.165, 1.54) is 11.9 Å². The molecule has 2 saturated heterocycles. The van der Waals surface area contributed by atoms with Gasteiger partial charge < -0.3 is 14.7 Å². The molecular weight excluding hydrogens is 616 g/mol. The predicted octanol–water partition coefficient (Wildman–Crippen LogP) is 6.92. The molecule has 44 heavy (non-hydrogen) atoms. The average molecular weight is 656 g/mol. The summed E-state index contributed by atoms with van der Waals surface area (Å²) < 4.78 is 40.6. The lowest BCUT2D eigenvalue weighted by Gasteiger charge is -2.44. The molecule has 0 aliphatic carbocycles. The van der Waals surface area contributed by atoms with E-state index in [2.05, 4.69) is 0 Å². The number of likely N-dealkylation sites (tertiary alicyclic amines) is 1. The van der Waals surface area contributed by atoms with Crippen LogP contribution in [0.15, 0.2) is 36.4 Å². The van der Waals surface area contributed by atoms with Crippen molar-refractivity contribution in [3.05, 3.63) is 63.1 Å². The zero-order chi connectivity index (χ0) is 32.3. The summed E-state index contributed by atoms with van der Waals surface area (Å²) in [7, 11) is 1.46. The fourth-order valence-electron chi connectivity index (χ4n) is 5.96. The summed E-state index contributed by atoms with van der Waals surface area (Å²) in [4.78, 5) is 46.5. The van der Waals surface area contributed by atoms with Gasteiger partial charge in [-0.2, -0.15) is 13.2 Å². The summed E-state index contributed by atoms with van der Waals surface area (Å²) in [5, 5.41) is 0.753. The number of nitrogens with zero attached hydrogens (tertiary/aromatic N) is 4. The Morgan fingerprint density at radius 1 is 0.955 bits per heavy atom. The highest BCUT2D eigenvalue weighted by Gasteiger charge is 2.38. The van der Waals surface area contributed by atoms with E-state index in [0.717, 1.165) is 17.7 Å². The number of anilines is 1. The molecule has 2 aliphatic rings. The molecular formula is C32H39Cl2F3N4O3. The van der Waals surface area contributed by atoms with E-state index in [0.29, 0.717) is 60.9 Å². The van der Waals surface area contributed by atoms with Crippen molar-refractivity contribution in [2.45, 2.75) is 58.7 Å². The molecule has 2 aromatic rings. The number of aryl methyl sites for hydroxylation is 1. The van der Waals surface area contributed by atoms with Gasteiger partial charge in [-0.25, -0.2) is 4.79 Å². The second-order valence-electron chi connectivity index (χ2n) is 12.2. The lowest BCUT2D eigenvalue weighted by molar-refractivity contribution is -0.142. The highest BCUT2D eigenvalue weighted by atomic mass is 35.5. The van der Waals surface area contributed by atoms with Crippen LogP contribution in [0, 0.1) is 18.8 Å². The molecule has 7 nitrogen and oxygen atoms in total. The van der Waals surface area contributed by atoms with Gasteiger partial charge in [-0.3, -0.25) is 14.5 Å². The van der Waals surface area contributed by atoms with Gasteiger partial charge in [0, 0.05) is 57.8 Å². The summed E-state index contributed by atoms with van der Waals surface area (Å²) in [6.07, 6.45) is -2.54. The van der Waals surface area contributed by atoms with Gasteiger partial charge in [0.15, 0.2) is 0 Å². The van der Waals surface area contributed by atoms with Crippen LogP contribution in [-0.2, 0) is 22.2 Å². The first-order valence-electron chi connectivity index (χ1n) is 14.9. The molecule has 4 amide bonds. The highest BCUT2D eigenvalue weighted by Crippen LogP contribution is 2.33. The second-order valence-corrected chi connectivity index (χ2v) is 13.0. The van der Waals surface area contributed by atoms with Crippen molar-refractivity contribution < 1.29 is 27.6 Å². The van der Waals surface area contributed by atoms with Crippen LogP contribution >= 0.6 is 23.2 Å². The van der Waals surface area contributed by atoms with E-state index in [4.69, 9.17) is 23.2 Å². The molecule has 2 fully saturated rings. The molecule has 0 bridgehead atoms. The fourth-order valence-corrected chi connectivity index (χ4v) is 6.28. The largest absolute Gasteiger partial charge is 0.416 e. The molecule has 0 N–H and O–H groups in total. The molecule has 2 aliphatic heterocycles. The molecule has 2 aromatic carbocycles. The van der Waals surface area contributed by atoms with Crippen molar-refractivity contribution in [1.29, 1.82) is 0 Å². The zero-order valence-electron chi connectivity index (χ0n) is 25.5. The Morgan fingerprint density at radius 2 is 1.64 bits per heavy atom. The minimum atomic E-state index is -4.55. The quantitative estimate of drug-likeness (QED) is 0.340. The average Bonchev–Trinajstić information content (AvgIpc) is 2.97. The highest BCUT2D eigenvalue weighted by molar-refractivity contribution is 6.42. The maximum atomic E-state index is 13.8. The number of hydrogen-bond acceptors (Lipinski definition) is 3. The summed E-state index contributed by atoms with van der Waals surface area (Å²) in [6, 6.07) is 7.83. The van der Waals surface area contributed by atoms with Crippen molar-refractivity contribution in [1.82, 2.24) is 14.7 Å². The number of carbonyl (C=O) groups is 3. The molecule has 240 valence electrons. The normalized spacial score (nSPS) is 18.1. The maximum Gasteiger partial charge on any atom is 0.416 e. The molecule has 0 saturated carbocycles. The van der Waals surface area contributed by atoms with Gasteiger partial charge in [0.2, 0.25) is 11.8 Å². The van der Waals surface area contributed by atoms with Crippen LogP contribution in [0.1, 0.15) is 49.8 Å². The molecule has 2 heterocycles. The number of rotatable bonds is 6. The summed E-state index contributed by atoms with van der Waals surface area (Å²) in [6.45, 7) is 7.40. The van der Waals surface area contributed by atoms with Gasteiger partial charge in [-0.05, 0) is 73.6 Å². The number of carbonyl (C=O) groups excluding carboxylic acids is 3. The Hall–Kier alpha value is -2.98. The molecule has 0 aromatic heterocycles. The number of alkyl halides is 3. The van der Waals surface area contributed by atoms with Gasteiger partial charge in [-0.1, -0.05) is 43.1 Å². The van der Waals surface area contributed by atoms with Gasteiger partial charge in [-0.15, -0.1) is 0 Å². The van der Waals surface area contributed by atoms with Crippen molar-refractivity contribution >= 4 is 46.7 Å². The second kappa shape index (κ2) is 14.0. The van der Waals surface area contributed by atoms with Gasteiger partial charge in [0.1, 0.15) is 0 Å². The lowest BCUT2D eigenvalue weighted by Crippen LogP contribution is -2.60. The van der Waals surface area contributed by atoms with Crippen molar-refractivity contribution in [2.75, 3.05) is 44.7 Å². The molecule has 4 rings (SSSR count). The number of amides is 4. The van der Waals surface area contributed by atoms with E-state index in [1.807, 2.05) is 18.7 Å². The molecule has 0 unspecified atom stereocenters. The number of halogens is 5. The van der Waals surface area contributed by atoms with Crippen LogP contribution < -0.4 is 4.90 Å². The van der Waals surface area contributed by atoms with Crippen LogP contribution in [0.3, 0.4) is 0 Å². The molecule has 12 heteroatoms. The SMILES string of the molecule is Cc1cc(N(C)C(=O)N2CCN(C(=O)C3CCN(C(=O)CC(C)C)CC3)C[C@H]2Cc2ccc(Cl)c(Cl)c2)cc(C(F)(F)F)c1. The lowest BCUT2D eigenvalue weighted by atomic mass is 9.93. The third-order valence-electron chi connectivity index (χ3n) is 8.34. The van der Waals surface area contributed by atoms with Gasteiger partial charge >= 0.3 is 12.2 Å². The van der Waals surface area contributed by atoms with Crippen LogP contribution in [-0.4, -0.2) is 78.4 Å². The van der Waals surface area contributed by atoms with E-state index in [1.54, 1.807) is 41.0 Å². The summed E-state index contributed by atoms with van der Waals surface area (Å²) in [5.74, 6) is 0.153. The Morgan fingerprint density at radius 3 is 2.25 bits per heavy atom. The summed E-state index contributed by atoms with van der Waals surface area (Å²) in [5.41, 5.74) is 0.500. The maximum absolute atomic E-state index is 13.8. The number of benzene rings is 2. The number of hydrogen-bond donors (Lipinski definition) is 0. The number of urea groups is 1. The fraction of sp³-hybridized carbons (Fsp3) is 0.531. The monoisotopic (exact) mass is 654 g/mol.